The van der Waals surface area contributed by atoms with Gasteiger partial charge >= 0.3 is 0 Å². The maximum absolute atomic E-state index is 11.6. The van der Waals surface area contributed by atoms with E-state index in [0.29, 0.717) is 24.7 Å². The summed E-state index contributed by atoms with van der Waals surface area (Å²) in [4.78, 5) is 16.1. The van der Waals surface area contributed by atoms with E-state index in [0.717, 1.165) is 23.4 Å². The molecule has 0 aliphatic rings. The predicted octanol–water partition coefficient (Wildman–Crippen LogP) is 4.06. The maximum atomic E-state index is 11.6. The van der Waals surface area contributed by atoms with Crippen molar-refractivity contribution in [1.82, 2.24) is 4.98 Å². The number of para-hydroxylation sites is 1. The zero-order valence-electron chi connectivity index (χ0n) is 14.1. The number of anilines is 1. The molecule has 5 nitrogen and oxygen atoms in total. The zero-order chi connectivity index (χ0) is 17.2. The second-order valence-corrected chi connectivity index (χ2v) is 6.39. The van der Waals surface area contributed by atoms with Crippen LogP contribution in [-0.4, -0.2) is 24.0 Å². The molecule has 1 aromatic heterocycles. The van der Waals surface area contributed by atoms with Crippen molar-refractivity contribution < 1.29 is 9.53 Å². The molecule has 2 aromatic rings. The standard InChI is InChI=1S/C18H25N3O2S/c1-2-3-4-7-12-23-16-9-6-5-8-14(16)15-13-24-18(20-15)21-17(22)10-11-19/h5-6,8-9,13H,2-4,7,10-12,19H2,1H3,(H,20,21,22). The van der Waals surface area contributed by atoms with Crippen LogP contribution in [-0.2, 0) is 4.79 Å². The topological polar surface area (TPSA) is 77.2 Å². The van der Waals surface area contributed by atoms with Crippen molar-refractivity contribution in [3.8, 4) is 17.0 Å². The van der Waals surface area contributed by atoms with Gasteiger partial charge in [-0.05, 0) is 18.6 Å². The molecule has 2 rings (SSSR count). The van der Waals surface area contributed by atoms with Crippen LogP contribution >= 0.6 is 11.3 Å². The van der Waals surface area contributed by atoms with E-state index < -0.39 is 0 Å². The number of carbonyl (C=O) groups excluding carboxylic acids is 1. The first-order chi connectivity index (χ1) is 11.7. The van der Waals surface area contributed by atoms with Crippen molar-refractivity contribution in [3.63, 3.8) is 0 Å². The summed E-state index contributed by atoms with van der Waals surface area (Å²) in [5.74, 6) is 0.720. The summed E-state index contributed by atoms with van der Waals surface area (Å²) in [7, 11) is 0. The molecule has 0 unspecified atom stereocenters. The average molecular weight is 347 g/mol. The van der Waals surface area contributed by atoms with Gasteiger partial charge in [-0.2, -0.15) is 0 Å². The fourth-order valence-corrected chi connectivity index (χ4v) is 3.01. The summed E-state index contributed by atoms with van der Waals surface area (Å²) >= 11 is 1.40. The smallest absolute Gasteiger partial charge is 0.227 e. The summed E-state index contributed by atoms with van der Waals surface area (Å²) in [6, 6.07) is 7.87. The van der Waals surface area contributed by atoms with Crippen molar-refractivity contribution in [3.05, 3.63) is 29.6 Å². The lowest BCUT2D eigenvalue weighted by Crippen LogP contribution is -2.15. The van der Waals surface area contributed by atoms with Crippen LogP contribution in [0.1, 0.15) is 39.0 Å². The SMILES string of the molecule is CCCCCCOc1ccccc1-c1csc(NC(=O)CCN)n1. The van der Waals surface area contributed by atoms with Gasteiger partial charge in [-0.3, -0.25) is 4.79 Å². The minimum atomic E-state index is -0.112. The number of nitrogens with one attached hydrogen (secondary N) is 1. The monoisotopic (exact) mass is 347 g/mol. The molecule has 0 atom stereocenters. The number of thiazole rings is 1. The Bertz CT molecular complexity index is 643. The van der Waals surface area contributed by atoms with Crippen molar-refractivity contribution in [2.75, 3.05) is 18.5 Å². The number of unbranched alkanes of at least 4 members (excludes halogenated alkanes) is 3. The zero-order valence-corrected chi connectivity index (χ0v) is 14.9. The van der Waals surface area contributed by atoms with Crippen LogP contribution in [0.5, 0.6) is 5.75 Å². The molecule has 0 aliphatic heterocycles. The molecule has 3 N–H and O–H groups in total. The molecule has 0 aliphatic carbocycles. The third kappa shape index (κ3) is 5.62. The van der Waals surface area contributed by atoms with Gasteiger partial charge < -0.3 is 15.8 Å². The molecular formula is C18H25N3O2S. The highest BCUT2D eigenvalue weighted by Gasteiger charge is 2.11. The Hall–Kier alpha value is -1.92. The molecule has 130 valence electrons. The summed E-state index contributed by atoms with van der Waals surface area (Å²) in [6.07, 6.45) is 5.00. The molecule has 1 amide bonds. The van der Waals surface area contributed by atoms with E-state index in [9.17, 15) is 4.79 Å². The summed E-state index contributed by atoms with van der Waals surface area (Å²) in [5, 5.41) is 5.28. The summed E-state index contributed by atoms with van der Waals surface area (Å²) in [5.41, 5.74) is 7.14. The third-order valence-electron chi connectivity index (χ3n) is 3.54. The lowest BCUT2D eigenvalue weighted by molar-refractivity contribution is -0.116. The van der Waals surface area contributed by atoms with Gasteiger partial charge in [0.05, 0.1) is 12.3 Å². The second kappa shape index (κ2) is 10.1. The minimum absolute atomic E-state index is 0.112. The molecular weight excluding hydrogens is 322 g/mol. The lowest BCUT2D eigenvalue weighted by atomic mass is 10.1. The van der Waals surface area contributed by atoms with Gasteiger partial charge in [-0.1, -0.05) is 38.3 Å². The first-order valence-corrected chi connectivity index (χ1v) is 9.30. The van der Waals surface area contributed by atoms with E-state index in [4.69, 9.17) is 10.5 Å². The molecule has 1 heterocycles. The fourth-order valence-electron chi connectivity index (χ4n) is 2.28. The van der Waals surface area contributed by atoms with E-state index in [1.165, 1.54) is 30.6 Å². The van der Waals surface area contributed by atoms with Gasteiger partial charge in [-0.25, -0.2) is 4.98 Å². The number of nitrogens with zero attached hydrogens (tertiary/aromatic N) is 1. The highest BCUT2D eigenvalue weighted by molar-refractivity contribution is 7.14. The third-order valence-corrected chi connectivity index (χ3v) is 4.30. The number of carbonyl (C=O) groups is 1. The van der Waals surface area contributed by atoms with Crippen molar-refractivity contribution in [1.29, 1.82) is 0 Å². The highest BCUT2D eigenvalue weighted by atomic mass is 32.1. The molecule has 0 saturated carbocycles. The molecule has 0 bridgehead atoms. The van der Waals surface area contributed by atoms with E-state index in [2.05, 4.69) is 17.2 Å². The predicted molar refractivity (Wildman–Crippen MR) is 99.5 cm³/mol. The fraction of sp³-hybridized carbons (Fsp3) is 0.444. The second-order valence-electron chi connectivity index (χ2n) is 5.53. The molecule has 6 heteroatoms. The van der Waals surface area contributed by atoms with Crippen LogP contribution in [0.25, 0.3) is 11.3 Å². The van der Waals surface area contributed by atoms with Gasteiger partial charge in [0.2, 0.25) is 5.91 Å². The Morgan fingerprint density at radius 1 is 1.29 bits per heavy atom. The van der Waals surface area contributed by atoms with Crippen LogP contribution in [0.3, 0.4) is 0 Å². The molecule has 1 aromatic carbocycles. The lowest BCUT2D eigenvalue weighted by Gasteiger charge is -2.10. The van der Waals surface area contributed by atoms with Crippen LogP contribution in [0, 0.1) is 0 Å². The first-order valence-electron chi connectivity index (χ1n) is 8.42. The molecule has 0 saturated heterocycles. The van der Waals surface area contributed by atoms with Crippen LogP contribution in [0.2, 0.25) is 0 Å². The Kier molecular flexibility index (Phi) is 7.71. The molecule has 24 heavy (non-hydrogen) atoms. The van der Waals surface area contributed by atoms with E-state index in [-0.39, 0.29) is 5.91 Å². The number of amides is 1. The number of hydrogen-bond acceptors (Lipinski definition) is 5. The average Bonchev–Trinajstić information content (AvgIpc) is 3.03. The molecule has 0 spiro atoms. The largest absolute Gasteiger partial charge is 0.493 e. The number of hydrogen-bond donors (Lipinski definition) is 2. The van der Waals surface area contributed by atoms with Gasteiger partial charge in [0.1, 0.15) is 5.75 Å². The van der Waals surface area contributed by atoms with E-state index in [1.54, 1.807) is 0 Å². The number of rotatable bonds is 10. The summed E-state index contributed by atoms with van der Waals surface area (Å²) < 4.78 is 5.93. The molecule has 0 fully saturated rings. The number of ether oxygens (including phenoxy) is 1. The number of aromatic nitrogens is 1. The first kappa shape index (κ1) is 18.4. The number of nitrogens with two attached hydrogens (primary N) is 1. The number of benzene rings is 1. The quantitative estimate of drug-likeness (QED) is 0.636. The molecule has 0 radical (unpaired) electrons. The van der Waals surface area contributed by atoms with E-state index in [1.807, 2.05) is 29.6 Å². The van der Waals surface area contributed by atoms with Gasteiger partial charge in [-0.15, -0.1) is 11.3 Å². The van der Waals surface area contributed by atoms with Gasteiger partial charge in [0, 0.05) is 23.9 Å². The highest BCUT2D eigenvalue weighted by Crippen LogP contribution is 2.32. The van der Waals surface area contributed by atoms with Crippen molar-refractivity contribution in [2.24, 2.45) is 5.73 Å². The normalized spacial score (nSPS) is 10.6. The van der Waals surface area contributed by atoms with E-state index >= 15 is 0 Å². The Morgan fingerprint density at radius 2 is 2.12 bits per heavy atom. The van der Waals surface area contributed by atoms with Gasteiger partial charge in [0.15, 0.2) is 5.13 Å². The Balaban J connectivity index is 2.01. The van der Waals surface area contributed by atoms with Crippen molar-refractivity contribution >= 4 is 22.4 Å². The van der Waals surface area contributed by atoms with Crippen molar-refractivity contribution in [2.45, 2.75) is 39.0 Å². The Morgan fingerprint density at radius 3 is 2.92 bits per heavy atom. The Labute approximate surface area is 147 Å². The summed E-state index contributed by atoms with van der Waals surface area (Å²) in [6.45, 7) is 3.24. The van der Waals surface area contributed by atoms with Gasteiger partial charge in [0.25, 0.3) is 0 Å². The maximum Gasteiger partial charge on any atom is 0.227 e. The van der Waals surface area contributed by atoms with Crippen LogP contribution in [0.4, 0.5) is 5.13 Å². The van der Waals surface area contributed by atoms with Crippen LogP contribution < -0.4 is 15.8 Å². The van der Waals surface area contributed by atoms with Crippen LogP contribution in [0.15, 0.2) is 29.6 Å². The minimum Gasteiger partial charge on any atom is -0.493 e.